The number of hydrogen-bond acceptors (Lipinski definition) is 4. The maximum Gasteiger partial charge on any atom is 0.457 e. The fourth-order valence-corrected chi connectivity index (χ4v) is 6.52. The van der Waals surface area contributed by atoms with Crippen molar-refractivity contribution in [2.24, 2.45) is 0 Å². The molecule has 1 atom stereocenters. The summed E-state index contributed by atoms with van der Waals surface area (Å²) in [6.45, 7) is 0. The number of anilines is 1. The number of rotatable bonds is 8. The average Bonchev–Trinajstić information content (AvgIpc) is 2.89. The maximum absolute atomic E-state index is 14.7. The van der Waals surface area contributed by atoms with E-state index in [1.807, 2.05) is 0 Å². The van der Waals surface area contributed by atoms with Gasteiger partial charge in [0.2, 0.25) is 0 Å². The Labute approximate surface area is 248 Å². The van der Waals surface area contributed by atoms with Crippen molar-refractivity contribution >= 4 is 65.4 Å². The second-order valence-electron chi connectivity index (χ2n) is 8.21. The number of benzene rings is 4. The first kappa shape index (κ1) is 30.0. The van der Waals surface area contributed by atoms with Crippen LogP contribution in [0, 0.1) is 0 Å². The highest BCUT2D eigenvalue weighted by Gasteiger charge is 2.43. The van der Waals surface area contributed by atoms with Gasteiger partial charge in [0, 0.05) is 15.6 Å². The molecule has 4 aromatic rings. The van der Waals surface area contributed by atoms with Crippen LogP contribution in [0.1, 0.15) is 16.9 Å². The zero-order valence-electron chi connectivity index (χ0n) is 20.2. The molecule has 0 aliphatic rings. The van der Waals surface area contributed by atoms with Crippen LogP contribution in [-0.4, -0.2) is 5.11 Å². The quantitative estimate of drug-likeness (QED) is 0.147. The maximum atomic E-state index is 14.7. The number of para-hydroxylation sites is 2. The molecular weight excluding hydrogens is 627 g/mol. The molecule has 0 aliphatic heterocycles. The monoisotopic (exact) mass is 644 g/mol. The molecule has 13 heteroatoms. The van der Waals surface area contributed by atoms with Crippen LogP contribution in [0.15, 0.2) is 97.1 Å². The minimum absolute atomic E-state index is 0.0255. The van der Waals surface area contributed by atoms with Gasteiger partial charge in [-0.1, -0.05) is 77.3 Å². The van der Waals surface area contributed by atoms with Gasteiger partial charge in [0.25, 0.3) is 0 Å². The van der Waals surface area contributed by atoms with E-state index in [0.29, 0.717) is 5.02 Å². The van der Waals surface area contributed by atoms with Gasteiger partial charge in [0.15, 0.2) is 10.9 Å². The number of thiocarbonyl (C=S) groups is 1. The van der Waals surface area contributed by atoms with Crippen LogP contribution in [0.4, 0.5) is 18.9 Å². The number of alkyl halides is 3. The molecule has 0 aliphatic carbocycles. The Hall–Kier alpha value is -2.94. The fraction of sp³-hybridized carbons (Fsp3) is 0.0741. The standard InChI is InChI=1S/C27H19Cl3F3N2O3PS/c28-18-12-13-21(23(30)16-18)25(35-26(40)34-24-15-17(27(31,32)33)11-14-22(24)29)39(36,37-19-7-3-1-4-8-19)38-20-9-5-2-6-10-20/h1-16,25H,(H2,34,35,40). The molecular formula is C27H19Cl3F3N2O3PS. The minimum Gasteiger partial charge on any atom is -0.414 e. The van der Waals surface area contributed by atoms with Crippen LogP contribution in [0.3, 0.4) is 0 Å². The highest BCUT2D eigenvalue weighted by molar-refractivity contribution is 7.80. The molecule has 0 aromatic heterocycles. The molecule has 5 nitrogen and oxygen atoms in total. The Balaban J connectivity index is 1.76. The lowest BCUT2D eigenvalue weighted by molar-refractivity contribution is -0.137. The predicted octanol–water partition coefficient (Wildman–Crippen LogP) is 10.0. The summed E-state index contributed by atoms with van der Waals surface area (Å²) in [5.41, 5.74) is -0.830. The molecule has 0 heterocycles. The van der Waals surface area contributed by atoms with Crippen molar-refractivity contribution < 1.29 is 26.8 Å². The van der Waals surface area contributed by atoms with Crippen LogP contribution in [0.25, 0.3) is 0 Å². The minimum atomic E-state index is -4.61. The topological polar surface area (TPSA) is 59.6 Å². The first-order chi connectivity index (χ1) is 18.9. The van der Waals surface area contributed by atoms with Crippen LogP contribution in [0.2, 0.25) is 15.1 Å². The normalized spacial score (nSPS) is 12.3. The van der Waals surface area contributed by atoms with E-state index in [0.717, 1.165) is 18.2 Å². The third-order valence-corrected chi connectivity index (χ3v) is 8.42. The Kier molecular flexibility index (Phi) is 9.54. The summed E-state index contributed by atoms with van der Waals surface area (Å²) in [5.74, 6) is -0.917. The highest BCUT2D eigenvalue weighted by Crippen LogP contribution is 2.60. The molecule has 0 fully saturated rings. The molecule has 40 heavy (non-hydrogen) atoms. The molecule has 1 unspecified atom stereocenters. The Bertz CT molecular complexity index is 1500. The van der Waals surface area contributed by atoms with E-state index in [1.165, 1.54) is 18.2 Å². The van der Waals surface area contributed by atoms with Crippen LogP contribution < -0.4 is 19.7 Å². The van der Waals surface area contributed by atoms with E-state index in [-0.39, 0.29) is 37.9 Å². The molecule has 0 spiro atoms. The van der Waals surface area contributed by atoms with E-state index in [2.05, 4.69) is 10.6 Å². The molecule has 2 N–H and O–H groups in total. The summed E-state index contributed by atoms with van der Waals surface area (Å²) in [5, 5.41) is 5.65. The second kappa shape index (κ2) is 12.7. The summed E-state index contributed by atoms with van der Waals surface area (Å²) < 4.78 is 66.5. The van der Waals surface area contributed by atoms with Gasteiger partial charge in [-0.2, -0.15) is 13.2 Å². The van der Waals surface area contributed by atoms with Gasteiger partial charge >= 0.3 is 13.8 Å². The zero-order chi connectivity index (χ0) is 28.9. The van der Waals surface area contributed by atoms with Crippen molar-refractivity contribution in [3.63, 3.8) is 0 Å². The average molecular weight is 646 g/mol. The Morgan fingerprint density at radius 2 is 1.38 bits per heavy atom. The zero-order valence-corrected chi connectivity index (χ0v) is 24.1. The lowest BCUT2D eigenvalue weighted by atomic mass is 10.2. The molecule has 4 aromatic carbocycles. The van der Waals surface area contributed by atoms with Crippen molar-refractivity contribution in [1.82, 2.24) is 5.32 Å². The largest absolute Gasteiger partial charge is 0.457 e. The lowest BCUT2D eigenvalue weighted by Gasteiger charge is -2.30. The summed E-state index contributed by atoms with van der Waals surface area (Å²) in [6, 6.07) is 23.8. The van der Waals surface area contributed by atoms with Crippen molar-refractivity contribution in [3.8, 4) is 11.5 Å². The third kappa shape index (κ3) is 7.62. The van der Waals surface area contributed by atoms with Gasteiger partial charge in [-0.05, 0) is 66.8 Å². The Morgan fingerprint density at radius 3 is 1.90 bits per heavy atom. The lowest BCUT2D eigenvalue weighted by Crippen LogP contribution is -2.34. The fourth-order valence-electron chi connectivity index (χ4n) is 3.51. The van der Waals surface area contributed by atoms with Gasteiger partial charge in [0.1, 0.15) is 11.5 Å². The van der Waals surface area contributed by atoms with Gasteiger partial charge < -0.3 is 19.7 Å². The smallest absolute Gasteiger partial charge is 0.414 e. The van der Waals surface area contributed by atoms with Gasteiger partial charge in [0.05, 0.1) is 16.3 Å². The molecule has 0 amide bonds. The van der Waals surface area contributed by atoms with Crippen LogP contribution in [0.5, 0.6) is 11.5 Å². The first-order valence-electron chi connectivity index (χ1n) is 11.4. The second-order valence-corrected chi connectivity index (χ2v) is 11.8. The molecule has 0 radical (unpaired) electrons. The molecule has 0 bridgehead atoms. The Morgan fingerprint density at radius 1 is 0.800 bits per heavy atom. The molecule has 208 valence electrons. The third-order valence-electron chi connectivity index (χ3n) is 5.33. The van der Waals surface area contributed by atoms with E-state index >= 15 is 0 Å². The van der Waals surface area contributed by atoms with Crippen molar-refractivity contribution in [2.45, 2.75) is 12.0 Å². The van der Waals surface area contributed by atoms with Crippen LogP contribution in [-0.2, 0) is 10.7 Å². The van der Waals surface area contributed by atoms with E-state index < -0.39 is 25.1 Å². The highest BCUT2D eigenvalue weighted by atomic mass is 35.5. The molecule has 0 saturated carbocycles. The van der Waals surface area contributed by atoms with Crippen molar-refractivity contribution in [2.75, 3.05) is 5.32 Å². The van der Waals surface area contributed by atoms with Gasteiger partial charge in [-0.25, -0.2) is 4.57 Å². The van der Waals surface area contributed by atoms with Crippen LogP contribution >= 0.6 is 54.6 Å². The summed E-state index contributed by atoms with van der Waals surface area (Å²) >= 11 is 24.2. The number of halogens is 6. The SMILES string of the molecule is O=P(Oc1ccccc1)(Oc1ccccc1)C(NC(=S)Nc1cc(C(F)(F)F)ccc1Cl)c1ccc(Cl)cc1Cl. The van der Waals surface area contributed by atoms with Gasteiger partial charge in [-0.15, -0.1) is 0 Å². The van der Waals surface area contributed by atoms with Gasteiger partial charge in [-0.3, -0.25) is 0 Å². The van der Waals surface area contributed by atoms with Crippen molar-refractivity contribution in [3.05, 3.63) is 123 Å². The molecule has 0 saturated heterocycles. The summed E-state index contributed by atoms with van der Waals surface area (Å²) in [4.78, 5) is 0. The summed E-state index contributed by atoms with van der Waals surface area (Å²) in [7, 11) is -4.32. The number of nitrogens with one attached hydrogen (secondary N) is 2. The van der Waals surface area contributed by atoms with E-state index in [1.54, 1.807) is 60.7 Å². The molecule has 4 rings (SSSR count). The van der Waals surface area contributed by atoms with E-state index in [9.17, 15) is 17.7 Å². The summed E-state index contributed by atoms with van der Waals surface area (Å²) in [6.07, 6.45) is -4.61. The first-order valence-corrected chi connectivity index (χ1v) is 14.6. The van der Waals surface area contributed by atoms with E-state index in [4.69, 9.17) is 56.1 Å². The number of hydrogen-bond donors (Lipinski definition) is 2. The predicted molar refractivity (Wildman–Crippen MR) is 157 cm³/mol. The van der Waals surface area contributed by atoms with Crippen molar-refractivity contribution in [1.29, 1.82) is 0 Å².